The fourth-order valence-electron chi connectivity index (χ4n) is 0.655. The summed E-state index contributed by atoms with van der Waals surface area (Å²) in [7, 11) is 0.383. The van der Waals surface area contributed by atoms with Crippen LogP contribution in [-0.2, 0) is 27.1 Å². The van der Waals surface area contributed by atoms with E-state index in [1.54, 1.807) is 0 Å². The Morgan fingerprint density at radius 3 is 1.89 bits per heavy atom. The minimum Gasteiger partial charge on any atom is -1.00 e. The standard InChI is InChI=1S/C5H11OP.Au.ClH/c1-7-4-2-6-3-5-7;;/h2-5H2,1H3;;1H/q;+1;/p-1. The molecule has 9 heavy (non-hydrogen) atoms. The van der Waals surface area contributed by atoms with Gasteiger partial charge in [0.25, 0.3) is 0 Å². The molecule has 0 radical (unpaired) electrons. The summed E-state index contributed by atoms with van der Waals surface area (Å²) < 4.78 is 5.16. The summed E-state index contributed by atoms with van der Waals surface area (Å²) in [5, 5.41) is 0. The van der Waals surface area contributed by atoms with Crippen molar-refractivity contribution in [2.75, 3.05) is 32.2 Å². The SMILES string of the molecule is CP1CCOCC1.[Au+].[Cl-]. The number of hydrogen-bond acceptors (Lipinski definition) is 1. The van der Waals surface area contributed by atoms with Crippen molar-refractivity contribution >= 4 is 7.92 Å². The molecule has 1 rings (SSSR count). The Bertz CT molecular complexity index is 58.9. The monoisotopic (exact) mass is 350 g/mol. The summed E-state index contributed by atoms with van der Waals surface area (Å²) in [6, 6.07) is 0. The summed E-state index contributed by atoms with van der Waals surface area (Å²) in [6.07, 6.45) is 2.66. The van der Waals surface area contributed by atoms with Crippen LogP contribution in [0.15, 0.2) is 0 Å². The third-order valence-corrected chi connectivity index (χ3v) is 3.13. The quantitative estimate of drug-likeness (QED) is 0.367. The second kappa shape index (κ2) is 7.53. The van der Waals surface area contributed by atoms with Gasteiger partial charge in [0.2, 0.25) is 0 Å². The minimum absolute atomic E-state index is 0. The van der Waals surface area contributed by atoms with Crippen molar-refractivity contribution in [2.45, 2.75) is 0 Å². The Morgan fingerprint density at radius 2 is 1.67 bits per heavy atom. The maximum Gasteiger partial charge on any atom is 1.00 e. The van der Waals surface area contributed by atoms with Crippen molar-refractivity contribution in [3.63, 3.8) is 0 Å². The van der Waals surface area contributed by atoms with Gasteiger partial charge < -0.3 is 17.1 Å². The molecule has 60 valence electrons. The molecule has 0 spiro atoms. The molecule has 0 N–H and O–H groups in total. The number of halogens is 1. The molecule has 1 aliphatic rings. The van der Waals surface area contributed by atoms with Gasteiger partial charge in [-0.1, -0.05) is 0 Å². The molecule has 0 aliphatic carbocycles. The molecular formula is C5H11AuClOP. The number of ether oxygens (including phenoxy) is 1. The van der Waals surface area contributed by atoms with Gasteiger partial charge in [0, 0.05) is 0 Å². The molecule has 1 heterocycles. The van der Waals surface area contributed by atoms with Crippen LogP contribution < -0.4 is 12.4 Å². The largest absolute Gasteiger partial charge is 1.00 e. The third kappa shape index (κ3) is 5.84. The van der Waals surface area contributed by atoms with E-state index in [1.807, 2.05) is 0 Å². The molecule has 0 atom stereocenters. The van der Waals surface area contributed by atoms with E-state index in [4.69, 9.17) is 4.74 Å². The second-order valence-electron chi connectivity index (χ2n) is 1.92. The van der Waals surface area contributed by atoms with E-state index in [0.717, 1.165) is 13.2 Å². The predicted octanol–water partition coefficient (Wildman–Crippen LogP) is -1.87. The Hall–Kier alpha value is 1.42. The summed E-state index contributed by atoms with van der Waals surface area (Å²) >= 11 is 0. The van der Waals surface area contributed by atoms with Gasteiger partial charge >= 0.3 is 22.4 Å². The zero-order valence-electron chi connectivity index (χ0n) is 5.36. The van der Waals surface area contributed by atoms with Crippen LogP contribution in [0.3, 0.4) is 0 Å². The Balaban J connectivity index is 0. The Kier molecular flexibility index (Phi) is 10.9. The van der Waals surface area contributed by atoms with E-state index in [0.29, 0.717) is 7.92 Å². The van der Waals surface area contributed by atoms with E-state index in [2.05, 4.69) is 6.66 Å². The molecular weight excluding hydrogens is 339 g/mol. The van der Waals surface area contributed by atoms with Crippen LogP contribution in [0.5, 0.6) is 0 Å². The molecule has 0 saturated carbocycles. The summed E-state index contributed by atoms with van der Waals surface area (Å²) in [5.41, 5.74) is 0. The van der Waals surface area contributed by atoms with E-state index < -0.39 is 0 Å². The van der Waals surface area contributed by atoms with Crippen molar-refractivity contribution in [3.05, 3.63) is 0 Å². The third-order valence-electron chi connectivity index (χ3n) is 1.23. The van der Waals surface area contributed by atoms with Crippen LogP contribution in [0.4, 0.5) is 0 Å². The van der Waals surface area contributed by atoms with Crippen molar-refractivity contribution in [1.82, 2.24) is 0 Å². The number of rotatable bonds is 0. The van der Waals surface area contributed by atoms with Crippen molar-refractivity contribution in [2.24, 2.45) is 0 Å². The van der Waals surface area contributed by atoms with Gasteiger partial charge in [-0.2, -0.15) is 0 Å². The fourth-order valence-corrected chi connectivity index (χ4v) is 1.76. The van der Waals surface area contributed by atoms with E-state index >= 15 is 0 Å². The van der Waals surface area contributed by atoms with Gasteiger partial charge in [0.05, 0.1) is 13.2 Å². The molecule has 1 saturated heterocycles. The summed E-state index contributed by atoms with van der Waals surface area (Å²) in [6.45, 7) is 4.38. The first-order valence-corrected chi connectivity index (χ1v) is 4.82. The molecule has 0 bridgehead atoms. The van der Waals surface area contributed by atoms with Gasteiger partial charge in [-0.15, -0.1) is 7.92 Å². The van der Waals surface area contributed by atoms with Gasteiger partial charge in [-0.05, 0) is 19.0 Å². The molecule has 0 aromatic carbocycles. The van der Waals surface area contributed by atoms with E-state index in [1.165, 1.54) is 12.3 Å². The van der Waals surface area contributed by atoms with Crippen LogP contribution in [0.1, 0.15) is 0 Å². The van der Waals surface area contributed by atoms with Gasteiger partial charge in [-0.25, -0.2) is 0 Å². The van der Waals surface area contributed by atoms with Crippen molar-refractivity contribution in [3.8, 4) is 0 Å². The van der Waals surface area contributed by atoms with E-state index in [9.17, 15) is 0 Å². The average molecular weight is 351 g/mol. The zero-order valence-corrected chi connectivity index (χ0v) is 9.18. The molecule has 1 nitrogen and oxygen atoms in total. The molecule has 0 aromatic heterocycles. The van der Waals surface area contributed by atoms with Crippen LogP contribution >= 0.6 is 7.92 Å². The smallest absolute Gasteiger partial charge is 1.00 e. The Morgan fingerprint density at radius 1 is 1.22 bits per heavy atom. The average Bonchev–Trinajstić information content (AvgIpc) is 1.69. The minimum atomic E-state index is 0. The van der Waals surface area contributed by atoms with Crippen LogP contribution in [-0.4, -0.2) is 32.2 Å². The van der Waals surface area contributed by atoms with Crippen LogP contribution in [0.2, 0.25) is 0 Å². The molecule has 0 amide bonds. The normalized spacial score (nSPS) is 19.7. The van der Waals surface area contributed by atoms with Crippen molar-refractivity contribution < 1.29 is 39.5 Å². The van der Waals surface area contributed by atoms with Crippen LogP contribution in [0, 0.1) is 0 Å². The predicted molar refractivity (Wildman–Crippen MR) is 33.4 cm³/mol. The summed E-state index contributed by atoms with van der Waals surface area (Å²) in [5.74, 6) is 0. The zero-order chi connectivity index (χ0) is 5.11. The topological polar surface area (TPSA) is 9.23 Å². The first-order chi connectivity index (χ1) is 3.39. The first-order valence-electron chi connectivity index (χ1n) is 2.66. The Labute approximate surface area is 79.6 Å². The molecule has 4 heteroatoms. The molecule has 0 unspecified atom stereocenters. The molecule has 1 aliphatic heterocycles. The van der Waals surface area contributed by atoms with Gasteiger partial charge in [0.15, 0.2) is 0 Å². The summed E-state index contributed by atoms with van der Waals surface area (Å²) in [4.78, 5) is 0. The van der Waals surface area contributed by atoms with Gasteiger partial charge in [0.1, 0.15) is 0 Å². The molecule has 1 fully saturated rings. The number of hydrogen-bond donors (Lipinski definition) is 0. The van der Waals surface area contributed by atoms with Crippen LogP contribution in [0.25, 0.3) is 0 Å². The first kappa shape index (κ1) is 13.0. The fraction of sp³-hybridized carbons (Fsp3) is 1.00. The maximum absolute atomic E-state index is 5.16. The second-order valence-corrected chi connectivity index (χ2v) is 4.52. The molecule has 0 aromatic rings. The van der Waals surface area contributed by atoms with Gasteiger partial charge in [-0.3, -0.25) is 0 Å². The van der Waals surface area contributed by atoms with E-state index in [-0.39, 0.29) is 34.8 Å². The van der Waals surface area contributed by atoms with Crippen molar-refractivity contribution in [1.29, 1.82) is 0 Å². The maximum atomic E-state index is 5.16.